The number of ether oxygens (including phenoxy) is 1. The molecular weight excluding hydrogens is 284 g/mol. The smallest absolute Gasteiger partial charge is 0.330 e. The normalized spacial score (nSPS) is 11.2. The van der Waals surface area contributed by atoms with Gasteiger partial charge in [-0.1, -0.05) is 80.1 Å². The van der Waals surface area contributed by atoms with Crippen LogP contribution in [-0.4, -0.2) is 12.6 Å². The monoisotopic (exact) mass is 306 g/mol. The van der Waals surface area contributed by atoms with Crippen molar-refractivity contribution in [2.75, 3.05) is 6.61 Å². The number of hydrogen-bond acceptors (Lipinski definition) is 2. The maximum atomic E-state index is 11.5. The van der Waals surface area contributed by atoms with Crippen molar-refractivity contribution in [2.24, 2.45) is 0 Å². The Morgan fingerprint density at radius 2 is 1.43 bits per heavy atom. The number of rotatable bonds is 7. The van der Waals surface area contributed by atoms with Crippen LogP contribution in [-0.2, 0) is 9.53 Å². The molecule has 0 aliphatic rings. The fourth-order valence-corrected chi connectivity index (χ4v) is 2.00. The van der Waals surface area contributed by atoms with E-state index in [4.69, 9.17) is 4.74 Å². The first-order valence-corrected chi connectivity index (χ1v) is 7.96. The molecule has 0 bridgehead atoms. The van der Waals surface area contributed by atoms with Crippen molar-refractivity contribution in [3.05, 3.63) is 77.4 Å². The molecule has 2 heteroatoms. The number of hydrogen-bond donors (Lipinski definition) is 0. The van der Waals surface area contributed by atoms with E-state index in [2.05, 4.69) is 31.2 Å². The highest BCUT2D eigenvalue weighted by Gasteiger charge is 1.96. The molecule has 2 aromatic carbocycles. The van der Waals surface area contributed by atoms with E-state index in [1.165, 1.54) is 11.6 Å². The van der Waals surface area contributed by atoms with Crippen LogP contribution in [0.15, 0.2) is 60.7 Å². The summed E-state index contributed by atoms with van der Waals surface area (Å²) in [6, 6.07) is 18.2. The molecule has 0 heterocycles. The molecule has 0 atom stereocenters. The largest absolute Gasteiger partial charge is 0.463 e. The van der Waals surface area contributed by atoms with Gasteiger partial charge in [-0.2, -0.15) is 0 Å². The molecule has 0 saturated heterocycles. The van der Waals surface area contributed by atoms with Gasteiger partial charge in [0.1, 0.15) is 0 Å². The lowest BCUT2D eigenvalue weighted by atomic mass is 10.1. The molecule has 0 aliphatic heterocycles. The SMILES string of the molecule is CCCCOC(=O)/C=C/c1ccc(C=Cc2ccccc2)cc1. The quantitative estimate of drug-likeness (QED) is 0.304. The molecule has 0 unspecified atom stereocenters. The standard InChI is InChI=1S/C21H22O2/c1-2-3-17-23-21(22)16-15-20-13-11-19(12-14-20)10-9-18-7-5-4-6-8-18/h4-16H,2-3,17H2,1H3/b10-9?,16-15+. The van der Waals surface area contributed by atoms with Crippen LogP contribution >= 0.6 is 0 Å². The average molecular weight is 306 g/mol. The zero-order chi connectivity index (χ0) is 16.3. The van der Waals surface area contributed by atoms with Gasteiger partial charge >= 0.3 is 5.97 Å². The first kappa shape index (κ1) is 16.8. The van der Waals surface area contributed by atoms with Crippen LogP contribution in [0.3, 0.4) is 0 Å². The number of unbranched alkanes of at least 4 members (excludes halogenated alkanes) is 1. The highest BCUT2D eigenvalue weighted by molar-refractivity contribution is 5.87. The zero-order valence-electron chi connectivity index (χ0n) is 13.4. The summed E-state index contributed by atoms with van der Waals surface area (Å²) in [6.45, 7) is 2.56. The van der Waals surface area contributed by atoms with Crippen LogP contribution in [0.1, 0.15) is 36.5 Å². The van der Waals surface area contributed by atoms with Crippen LogP contribution < -0.4 is 0 Å². The lowest BCUT2D eigenvalue weighted by molar-refractivity contribution is -0.137. The minimum atomic E-state index is -0.286. The average Bonchev–Trinajstić information content (AvgIpc) is 2.60. The van der Waals surface area contributed by atoms with Gasteiger partial charge in [-0.3, -0.25) is 0 Å². The second-order valence-corrected chi connectivity index (χ2v) is 5.27. The van der Waals surface area contributed by atoms with Gasteiger partial charge < -0.3 is 4.74 Å². The Balaban J connectivity index is 1.89. The Morgan fingerprint density at radius 3 is 2.04 bits per heavy atom. The van der Waals surface area contributed by atoms with E-state index in [0.717, 1.165) is 24.0 Å². The van der Waals surface area contributed by atoms with Crippen molar-refractivity contribution >= 4 is 24.2 Å². The van der Waals surface area contributed by atoms with Gasteiger partial charge in [0, 0.05) is 6.08 Å². The summed E-state index contributed by atoms with van der Waals surface area (Å²) in [6.07, 6.45) is 9.33. The maximum Gasteiger partial charge on any atom is 0.330 e. The van der Waals surface area contributed by atoms with Crippen LogP contribution in [0, 0.1) is 0 Å². The maximum absolute atomic E-state index is 11.5. The Kier molecular flexibility index (Phi) is 6.86. The van der Waals surface area contributed by atoms with E-state index < -0.39 is 0 Å². The molecule has 2 rings (SSSR count). The van der Waals surface area contributed by atoms with Crippen molar-refractivity contribution in [2.45, 2.75) is 19.8 Å². The second kappa shape index (κ2) is 9.42. The second-order valence-electron chi connectivity index (χ2n) is 5.27. The Labute approximate surface area is 138 Å². The van der Waals surface area contributed by atoms with E-state index in [1.54, 1.807) is 6.08 Å². The molecule has 118 valence electrons. The number of carbonyl (C=O) groups excluding carboxylic acids is 1. The van der Waals surface area contributed by atoms with Gasteiger partial charge in [0.05, 0.1) is 6.61 Å². The molecule has 0 aliphatic carbocycles. The summed E-state index contributed by atoms with van der Waals surface area (Å²) < 4.78 is 5.08. The third-order valence-electron chi connectivity index (χ3n) is 3.36. The highest BCUT2D eigenvalue weighted by Crippen LogP contribution is 2.10. The third-order valence-corrected chi connectivity index (χ3v) is 3.36. The number of esters is 1. The zero-order valence-corrected chi connectivity index (χ0v) is 13.4. The van der Waals surface area contributed by atoms with Gasteiger partial charge in [-0.25, -0.2) is 4.79 Å². The van der Waals surface area contributed by atoms with Gasteiger partial charge in [0.15, 0.2) is 0 Å². The van der Waals surface area contributed by atoms with E-state index in [9.17, 15) is 4.79 Å². The van der Waals surface area contributed by atoms with E-state index in [1.807, 2.05) is 42.5 Å². The predicted molar refractivity (Wildman–Crippen MR) is 96.7 cm³/mol. The van der Waals surface area contributed by atoms with Crippen LogP contribution in [0.4, 0.5) is 0 Å². The van der Waals surface area contributed by atoms with Gasteiger partial charge in [0.2, 0.25) is 0 Å². The fourth-order valence-electron chi connectivity index (χ4n) is 2.00. The minimum absolute atomic E-state index is 0.286. The summed E-state index contributed by atoms with van der Waals surface area (Å²) in [5, 5.41) is 0. The molecule has 0 saturated carbocycles. The third kappa shape index (κ3) is 6.35. The highest BCUT2D eigenvalue weighted by atomic mass is 16.5. The summed E-state index contributed by atoms with van der Waals surface area (Å²) >= 11 is 0. The van der Waals surface area contributed by atoms with Crippen LogP contribution in [0.5, 0.6) is 0 Å². The number of benzene rings is 2. The van der Waals surface area contributed by atoms with E-state index in [0.29, 0.717) is 6.61 Å². The Hall–Kier alpha value is -2.61. The van der Waals surface area contributed by atoms with Crippen molar-refractivity contribution in [3.8, 4) is 0 Å². The van der Waals surface area contributed by atoms with Crippen molar-refractivity contribution in [1.82, 2.24) is 0 Å². The molecule has 0 radical (unpaired) electrons. The van der Waals surface area contributed by atoms with E-state index >= 15 is 0 Å². The summed E-state index contributed by atoms with van der Waals surface area (Å²) in [5.74, 6) is -0.286. The topological polar surface area (TPSA) is 26.3 Å². The van der Waals surface area contributed by atoms with Gasteiger partial charge in [0.25, 0.3) is 0 Å². The molecule has 0 fully saturated rings. The molecule has 0 amide bonds. The van der Waals surface area contributed by atoms with Gasteiger partial charge in [-0.15, -0.1) is 0 Å². The van der Waals surface area contributed by atoms with Crippen LogP contribution in [0.2, 0.25) is 0 Å². The van der Waals surface area contributed by atoms with Crippen LogP contribution in [0.25, 0.3) is 18.2 Å². The Morgan fingerprint density at radius 1 is 0.870 bits per heavy atom. The van der Waals surface area contributed by atoms with Crippen molar-refractivity contribution in [3.63, 3.8) is 0 Å². The summed E-state index contributed by atoms with van der Waals surface area (Å²) in [4.78, 5) is 11.5. The fraction of sp³-hybridized carbons (Fsp3) is 0.190. The first-order valence-electron chi connectivity index (χ1n) is 7.96. The lowest BCUT2D eigenvalue weighted by Crippen LogP contribution is -2.01. The lowest BCUT2D eigenvalue weighted by Gasteiger charge is -1.99. The van der Waals surface area contributed by atoms with Crippen molar-refractivity contribution in [1.29, 1.82) is 0 Å². The Bertz CT molecular complexity index is 652. The minimum Gasteiger partial charge on any atom is -0.463 e. The molecule has 2 aromatic rings. The first-order chi connectivity index (χ1) is 11.3. The molecular formula is C21H22O2. The molecule has 0 N–H and O–H groups in total. The molecule has 23 heavy (non-hydrogen) atoms. The summed E-state index contributed by atoms with van der Waals surface area (Å²) in [5.41, 5.74) is 3.28. The van der Waals surface area contributed by atoms with E-state index in [-0.39, 0.29) is 5.97 Å². The predicted octanol–water partition coefficient (Wildman–Crippen LogP) is 5.21. The van der Waals surface area contributed by atoms with Gasteiger partial charge in [-0.05, 0) is 29.2 Å². The molecule has 0 aromatic heterocycles. The molecule has 0 spiro atoms. The summed E-state index contributed by atoms with van der Waals surface area (Å²) in [7, 11) is 0. The molecule has 2 nitrogen and oxygen atoms in total. The number of carbonyl (C=O) groups is 1. The van der Waals surface area contributed by atoms with Crippen molar-refractivity contribution < 1.29 is 9.53 Å².